The minimum atomic E-state index is -0.926. The van der Waals surface area contributed by atoms with E-state index in [-0.39, 0.29) is 6.04 Å². The van der Waals surface area contributed by atoms with Gasteiger partial charge in [-0.05, 0) is 12.0 Å². The average molecular weight is 152 g/mol. The Morgan fingerprint density at radius 3 is 3.36 bits per heavy atom. The largest absolute Gasteiger partial charge is 0.464 e. The molecule has 0 saturated heterocycles. The summed E-state index contributed by atoms with van der Waals surface area (Å²) in [7, 11) is 0. The lowest BCUT2D eigenvalue weighted by molar-refractivity contribution is 0.123. The molecule has 1 unspecified atom stereocenters. The summed E-state index contributed by atoms with van der Waals surface area (Å²) < 4.78 is 0. The third kappa shape index (κ3) is 0.790. The van der Waals surface area contributed by atoms with Gasteiger partial charge in [0.2, 0.25) is 0 Å². The van der Waals surface area contributed by atoms with Crippen molar-refractivity contribution in [2.75, 3.05) is 0 Å². The summed E-state index contributed by atoms with van der Waals surface area (Å²) in [5, 5.41) is 9.88. The highest BCUT2D eigenvalue weighted by Gasteiger charge is 2.31. The molecular weight excluding hydrogens is 144 g/mol. The summed E-state index contributed by atoms with van der Waals surface area (Å²) >= 11 is 0. The fourth-order valence-corrected chi connectivity index (χ4v) is 1.40. The Labute approximate surface area is 63.8 Å². The van der Waals surface area contributed by atoms with Crippen LogP contribution in [0, 0.1) is 0 Å². The monoisotopic (exact) mass is 152 g/mol. The number of amides is 1. The van der Waals surface area contributed by atoms with E-state index in [1.54, 1.807) is 6.20 Å². The first-order valence-corrected chi connectivity index (χ1v) is 3.44. The van der Waals surface area contributed by atoms with Gasteiger partial charge in [0.15, 0.2) is 0 Å². The zero-order valence-electron chi connectivity index (χ0n) is 5.82. The van der Waals surface area contributed by atoms with Crippen molar-refractivity contribution in [1.29, 1.82) is 0 Å². The normalized spacial score (nSPS) is 26.4. The molecule has 0 aromatic rings. The van der Waals surface area contributed by atoms with Gasteiger partial charge in [-0.25, -0.2) is 9.80 Å². The van der Waals surface area contributed by atoms with E-state index in [1.165, 1.54) is 5.01 Å². The molecule has 0 aromatic carbocycles. The van der Waals surface area contributed by atoms with Gasteiger partial charge in [0.05, 0.1) is 6.04 Å². The molecule has 0 aromatic heterocycles. The van der Waals surface area contributed by atoms with Crippen LogP contribution in [-0.4, -0.2) is 22.3 Å². The van der Waals surface area contributed by atoms with E-state index in [1.807, 2.05) is 12.2 Å². The molecule has 0 saturated carbocycles. The fraction of sp³-hybridized carbons (Fsp3) is 0.286. The van der Waals surface area contributed by atoms with E-state index in [0.717, 1.165) is 12.0 Å². The molecule has 58 valence electrons. The summed E-state index contributed by atoms with van der Waals surface area (Å²) in [6.07, 6.45) is 5.51. The second-order valence-electron chi connectivity index (χ2n) is 2.58. The third-order valence-corrected chi connectivity index (χ3v) is 1.94. The maximum atomic E-state index is 10.5. The van der Waals surface area contributed by atoms with Gasteiger partial charge in [0, 0.05) is 6.20 Å². The van der Waals surface area contributed by atoms with Crippen LogP contribution in [0.25, 0.3) is 0 Å². The molecule has 1 aliphatic heterocycles. The van der Waals surface area contributed by atoms with Crippen molar-refractivity contribution in [3.8, 4) is 0 Å². The number of nitrogens with zero attached hydrogens (tertiary/aromatic N) is 1. The molecule has 0 spiro atoms. The predicted molar refractivity (Wildman–Crippen MR) is 38.6 cm³/mol. The van der Waals surface area contributed by atoms with Crippen LogP contribution in [0.2, 0.25) is 0 Å². The van der Waals surface area contributed by atoms with Gasteiger partial charge >= 0.3 is 6.09 Å². The average Bonchev–Trinajstić information content (AvgIpc) is 2.41. The molecule has 2 N–H and O–H groups in total. The molecule has 1 atom stereocenters. The number of carbonyl (C=O) groups is 1. The van der Waals surface area contributed by atoms with Crippen molar-refractivity contribution in [2.24, 2.45) is 0 Å². The van der Waals surface area contributed by atoms with Crippen LogP contribution >= 0.6 is 0 Å². The van der Waals surface area contributed by atoms with Crippen LogP contribution in [0.3, 0.4) is 0 Å². The Kier molecular flexibility index (Phi) is 1.15. The van der Waals surface area contributed by atoms with Crippen molar-refractivity contribution in [3.63, 3.8) is 0 Å². The van der Waals surface area contributed by atoms with Crippen molar-refractivity contribution in [2.45, 2.75) is 12.5 Å². The molecule has 1 aliphatic carbocycles. The molecule has 1 amide bonds. The van der Waals surface area contributed by atoms with Gasteiger partial charge in [0.25, 0.3) is 0 Å². The minimum absolute atomic E-state index is 0.00694. The summed E-state index contributed by atoms with van der Waals surface area (Å²) in [5.41, 5.74) is 3.73. The number of nitrogens with one attached hydrogen (secondary N) is 1. The molecule has 4 nitrogen and oxygen atoms in total. The minimum Gasteiger partial charge on any atom is -0.464 e. The van der Waals surface area contributed by atoms with Crippen LogP contribution in [0.1, 0.15) is 6.42 Å². The maximum Gasteiger partial charge on any atom is 0.426 e. The van der Waals surface area contributed by atoms with E-state index in [0.29, 0.717) is 0 Å². The number of hydrogen-bond acceptors (Lipinski definition) is 2. The van der Waals surface area contributed by atoms with Crippen LogP contribution in [0.15, 0.2) is 23.9 Å². The molecular formula is C7H8N2O2. The topological polar surface area (TPSA) is 52.6 Å². The quantitative estimate of drug-likeness (QED) is 0.537. The van der Waals surface area contributed by atoms with Crippen molar-refractivity contribution in [1.82, 2.24) is 10.4 Å². The first-order chi connectivity index (χ1) is 5.29. The van der Waals surface area contributed by atoms with E-state index >= 15 is 0 Å². The zero-order chi connectivity index (χ0) is 7.84. The number of rotatable bonds is 0. The lowest BCUT2D eigenvalue weighted by Gasteiger charge is -2.19. The second kappa shape index (κ2) is 2.02. The molecule has 2 aliphatic rings. The molecule has 4 heteroatoms. The third-order valence-electron chi connectivity index (χ3n) is 1.94. The van der Waals surface area contributed by atoms with Crippen molar-refractivity contribution < 1.29 is 9.90 Å². The van der Waals surface area contributed by atoms with E-state index in [9.17, 15) is 4.79 Å². The molecule has 11 heavy (non-hydrogen) atoms. The van der Waals surface area contributed by atoms with Crippen molar-refractivity contribution in [3.05, 3.63) is 23.9 Å². The molecule has 1 heterocycles. The van der Waals surface area contributed by atoms with E-state index in [4.69, 9.17) is 5.11 Å². The summed E-state index contributed by atoms with van der Waals surface area (Å²) in [5.74, 6) is 0. The number of hydrazine groups is 1. The highest BCUT2D eigenvalue weighted by atomic mass is 16.4. The summed E-state index contributed by atoms with van der Waals surface area (Å²) in [6, 6.07) is 0.00694. The molecule has 0 radical (unpaired) electrons. The number of fused-ring (bicyclic) bond motifs is 1. The Balaban J connectivity index is 2.19. The molecule has 2 rings (SSSR count). The highest BCUT2D eigenvalue weighted by molar-refractivity contribution is 5.67. The second-order valence-corrected chi connectivity index (χ2v) is 2.58. The molecule has 0 bridgehead atoms. The number of carboxylic acid groups (broad SMARTS) is 1. The van der Waals surface area contributed by atoms with Gasteiger partial charge < -0.3 is 5.11 Å². The van der Waals surface area contributed by atoms with Gasteiger partial charge in [-0.3, -0.25) is 5.43 Å². The Hall–Kier alpha value is -1.45. The first kappa shape index (κ1) is 6.27. The van der Waals surface area contributed by atoms with Crippen LogP contribution in [0.5, 0.6) is 0 Å². The standard InChI is InChI=1S/C7H8N2O2/c10-7(11)9-6-3-1-2-5(6)4-8-9/h1-2,4,6,8H,3H2,(H,10,11). The summed E-state index contributed by atoms with van der Waals surface area (Å²) in [6.45, 7) is 0. The lowest BCUT2D eigenvalue weighted by Crippen LogP contribution is -2.41. The Morgan fingerprint density at radius 2 is 2.64 bits per heavy atom. The SMILES string of the molecule is O=C(O)N1NC=C2C=CCC21. The highest BCUT2D eigenvalue weighted by Crippen LogP contribution is 2.25. The first-order valence-electron chi connectivity index (χ1n) is 3.44. The van der Waals surface area contributed by atoms with Gasteiger partial charge in [-0.15, -0.1) is 0 Å². The van der Waals surface area contributed by atoms with Gasteiger partial charge in [0.1, 0.15) is 0 Å². The Morgan fingerprint density at radius 1 is 1.82 bits per heavy atom. The van der Waals surface area contributed by atoms with E-state index in [2.05, 4.69) is 5.43 Å². The summed E-state index contributed by atoms with van der Waals surface area (Å²) in [4.78, 5) is 10.5. The predicted octanol–water partition coefficient (Wildman–Crippen LogP) is 0.697. The van der Waals surface area contributed by atoms with Crippen LogP contribution in [-0.2, 0) is 0 Å². The van der Waals surface area contributed by atoms with Gasteiger partial charge in [-0.1, -0.05) is 12.2 Å². The van der Waals surface area contributed by atoms with Crippen molar-refractivity contribution >= 4 is 6.09 Å². The van der Waals surface area contributed by atoms with Gasteiger partial charge in [-0.2, -0.15) is 0 Å². The number of hydrogen-bond donors (Lipinski definition) is 2. The van der Waals surface area contributed by atoms with E-state index < -0.39 is 6.09 Å². The smallest absolute Gasteiger partial charge is 0.426 e. The lowest BCUT2D eigenvalue weighted by atomic mass is 10.2. The zero-order valence-corrected chi connectivity index (χ0v) is 5.82. The maximum absolute atomic E-state index is 10.5. The molecule has 0 fully saturated rings. The van der Waals surface area contributed by atoms with Crippen LogP contribution in [0.4, 0.5) is 4.79 Å². The fourth-order valence-electron chi connectivity index (χ4n) is 1.40. The Bertz CT molecular complexity index is 257. The van der Waals surface area contributed by atoms with Crippen LogP contribution < -0.4 is 5.43 Å².